The summed E-state index contributed by atoms with van der Waals surface area (Å²) in [4.78, 5) is 27.2. The lowest BCUT2D eigenvalue weighted by Gasteiger charge is -2.13. The molecule has 0 radical (unpaired) electrons. The molecule has 0 fully saturated rings. The average Bonchev–Trinajstić information content (AvgIpc) is 2.29. The zero-order chi connectivity index (χ0) is 12.8. The van der Waals surface area contributed by atoms with Gasteiger partial charge in [0.1, 0.15) is 6.04 Å². The normalized spacial score (nSPS) is 11.7. The summed E-state index contributed by atoms with van der Waals surface area (Å²) in [5.41, 5.74) is 1.09. The van der Waals surface area contributed by atoms with Gasteiger partial charge in [0.25, 0.3) is 5.91 Å². The molecule has 0 spiro atoms. The molecule has 92 valence electrons. The van der Waals surface area contributed by atoms with Gasteiger partial charge in [-0.25, -0.2) is 4.79 Å². The molecule has 0 saturated carbocycles. The number of aromatic nitrogens is 1. The highest BCUT2D eigenvalue weighted by Crippen LogP contribution is 2.03. The second kappa shape index (κ2) is 5.98. The van der Waals surface area contributed by atoms with Crippen molar-refractivity contribution in [2.45, 2.75) is 26.8 Å². The number of amides is 1. The topological polar surface area (TPSA) is 68.3 Å². The molecule has 0 saturated heterocycles. The first-order valence-corrected chi connectivity index (χ1v) is 5.45. The summed E-state index contributed by atoms with van der Waals surface area (Å²) in [6.07, 6.45) is 1.61. The van der Waals surface area contributed by atoms with Crippen LogP contribution >= 0.6 is 0 Å². The Balaban J connectivity index is 2.67. The molecule has 0 aliphatic carbocycles. The van der Waals surface area contributed by atoms with Gasteiger partial charge in [0.2, 0.25) is 0 Å². The molecule has 5 nitrogen and oxygen atoms in total. The Labute approximate surface area is 100 Å². The Morgan fingerprint density at radius 1 is 1.53 bits per heavy atom. The van der Waals surface area contributed by atoms with E-state index in [0.717, 1.165) is 0 Å². The number of carbonyl (C=O) groups is 2. The first-order chi connectivity index (χ1) is 8.06. The number of nitrogens with zero attached hydrogens (tertiary/aromatic N) is 1. The van der Waals surface area contributed by atoms with E-state index in [1.165, 1.54) is 0 Å². The molecule has 1 amide bonds. The van der Waals surface area contributed by atoms with Crippen LogP contribution in [0.1, 0.15) is 29.9 Å². The van der Waals surface area contributed by atoms with Gasteiger partial charge >= 0.3 is 5.97 Å². The number of pyridine rings is 1. The van der Waals surface area contributed by atoms with Crippen LogP contribution in [0.2, 0.25) is 0 Å². The van der Waals surface area contributed by atoms with Gasteiger partial charge in [-0.2, -0.15) is 0 Å². The zero-order valence-corrected chi connectivity index (χ0v) is 10.2. The first kappa shape index (κ1) is 13.2. The van der Waals surface area contributed by atoms with Crippen molar-refractivity contribution in [3.8, 4) is 0 Å². The van der Waals surface area contributed by atoms with E-state index >= 15 is 0 Å². The Morgan fingerprint density at radius 3 is 2.82 bits per heavy atom. The van der Waals surface area contributed by atoms with Crippen LogP contribution in [0.5, 0.6) is 0 Å². The highest BCUT2D eigenvalue weighted by molar-refractivity contribution is 5.97. The number of hydrogen-bond acceptors (Lipinski definition) is 4. The first-order valence-electron chi connectivity index (χ1n) is 5.45. The summed E-state index contributed by atoms with van der Waals surface area (Å²) in [7, 11) is 0. The van der Waals surface area contributed by atoms with Gasteiger partial charge in [-0.3, -0.25) is 9.78 Å². The van der Waals surface area contributed by atoms with Crippen molar-refractivity contribution in [1.29, 1.82) is 0 Å². The monoisotopic (exact) mass is 236 g/mol. The predicted octanol–water partition coefficient (Wildman–Crippen LogP) is 1.07. The molecule has 1 atom stereocenters. The fourth-order valence-electron chi connectivity index (χ4n) is 1.32. The number of carbonyl (C=O) groups excluding carboxylic acids is 2. The van der Waals surface area contributed by atoms with Crippen LogP contribution in [0, 0.1) is 6.92 Å². The lowest BCUT2D eigenvalue weighted by molar-refractivity contribution is -0.144. The Bertz CT molecular complexity index is 418. The maximum Gasteiger partial charge on any atom is 0.328 e. The second-order valence-corrected chi connectivity index (χ2v) is 3.58. The third-order valence-electron chi connectivity index (χ3n) is 2.24. The molecule has 1 unspecified atom stereocenters. The third kappa shape index (κ3) is 3.55. The summed E-state index contributed by atoms with van der Waals surface area (Å²) in [5.74, 6) is -0.765. The van der Waals surface area contributed by atoms with E-state index in [1.54, 1.807) is 39.1 Å². The molecule has 5 heteroatoms. The Morgan fingerprint density at radius 2 is 2.24 bits per heavy atom. The number of esters is 1. The maximum absolute atomic E-state index is 11.8. The van der Waals surface area contributed by atoms with Gasteiger partial charge in [-0.15, -0.1) is 0 Å². The van der Waals surface area contributed by atoms with Crippen LogP contribution < -0.4 is 5.32 Å². The van der Waals surface area contributed by atoms with E-state index in [0.29, 0.717) is 17.9 Å². The molecule has 17 heavy (non-hydrogen) atoms. The van der Waals surface area contributed by atoms with Gasteiger partial charge < -0.3 is 10.1 Å². The molecule has 1 heterocycles. The SMILES string of the molecule is CCOC(=O)C(C)NC(=O)c1cccnc1C. The molecule has 1 aromatic heterocycles. The van der Waals surface area contributed by atoms with Crippen LogP contribution in [0.15, 0.2) is 18.3 Å². The Hall–Kier alpha value is -1.91. The predicted molar refractivity (Wildman–Crippen MR) is 62.5 cm³/mol. The van der Waals surface area contributed by atoms with Crippen LogP contribution in [0.25, 0.3) is 0 Å². The summed E-state index contributed by atoms with van der Waals surface area (Å²) in [6, 6.07) is 2.68. The summed E-state index contributed by atoms with van der Waals surface area (Å²) in [6.45, 7) is 5.34. The average molecular weight is 236 g/mol. The molecule has 0 aromatic carbocycles. The molecule has 1 aromatic rings. The van der Waals surface area contributed by atoms with Gasteiger partial charge in [-0.05, 0) is 32.9 Å². The fraction of sp³-hybridized carbons (Fsp3) is 0.417. The zero-order valence-electron chi connectivity index (χ0n) is 10.2. The van der Waals surface area contributed by atoms with Crippen LogP contribution in [-0.4, -0.2) is 29.5 Å². The van der Waals surface area contributed by atoms with Crippen LogP contribution in [0.4, 0.5) is 0 Å². The molecule has 0 bridgehead atoms. The van der Waals surface area contributed by atoms with E-state index in [4.69, 9.17) is 4.74 Å². The fourth-order valence-corrected chi connectivity index (χ4v) is 1.32. The van der Waals surface area contributed by atoms with Crippen molar-refractivity contribution in [1.82, 2.24) is 10.3 Å². The number of rotatable bonds is 4. The maximum atomic E-state index is 11.8. The van der Waals surface area contributed by atoms with E-state index in [1.807, 2.05) is 0 Å². The lowest BCUT2D eigenvalue weighted by atomic mass is 10.2. The molecule has 0 aliphatic heterocycles. The number of ether oxygens (including phenoxy) is 1. The van der Waals surface area contributed by atoms with E-state index in [9.17, 15) is 9.59 Å². The van der Waals surface area contributed by atoms with Crippen molar-refractivity contribution in [3.05, 3.63) is 29.6 Å². The quantitative estimate of drug-likeness (QED) is 0.794. The number of aryl methyl sites for hydroxylation is 1. The molecular formula is C12H16N2O3. The summed E-state index contributed by atoms with van der Waals surface area (Å²) in [5, 5.41) is 2.57. The van der Waals surface area contributed by atoms with Gasteiger partial charge in [0.15, 0.2) is 0 Å². The molecule has 1 rings (SSSR count). The molecule has 0 aliphatic rings. The van der Waals surface area contributed by atoms with Crippen molar-refractivity contribution in [2.24, 2.45) is 0 Å². The van der Waals surface area contributed by atoms with Crippen LogP contribution in [-0.2, 0) is 9.53 Å². The highest BCUT2D eigenvalue weighted by Gasteiger charge is 2.18. The minimum Gasteiger partial charge on any atom is -0.464 e. The van der Waals surface area contributed by atoms with Crippen molar-refractivity contribution in [2.75, 3.05) is 6.61 Å². The highest BCUT2D eigenvalue weighted by atomic mass is 16.5. The van der Waals surface area contributed by atoms with E-state index in [-0.39, 0.29) is 5.91 Å². The smallest absolute Gasteiger partial charge is 0.328 e. The summed E-state index contributed by atoms with van der Waals surface area (Å²) >= 11 is 0. The summed E-state index contributed by atoms with van der Waals surface area (Å²) < 4.78 is 4.80. The van der Waals surface area contributed by atoms with Crippen molar-refractivity contribution in [3.63, 3.8) is 0 Å². The van der Waals surface area contributed by atoms with E-state index in [2.05, 4.69) is 10.3 Å². The molecular weight excluding hydrogens is 220 g/mol. The lowest BCUT2D eigenvalue weighted by Crippen LogP contribution is -2.39. The van der Waals surface area contributed by atoms with Gasteiger partial charge in [0.05, 0.1) is 12.2 Å². The van der Waals surface area contributed by atoms with Gasteiger partial charge in [0, 0.05) is 11.9 Å². The van der Waals surface area contributed by atoms with Gasteiger partial charge in [-0.1, -0.05) is 0 Å². The minimum atomic E-state index is -0.665. The molecule has 1 N–H and O–H groups in total. The second-order valence-electron chi connectivity index (χ2n) is 3.58. The van der Waals surface area contributed by atoms with Crippen molar-refractivity contribution >= 4 is 11.9 Å². The third-order valence-corrected chi connectivity index (χ3v) is 2.24. The standard InChI is InChI=1S/C12H16N2O3/c1-4-17-12(16)9(3)14-11(15)10-6-5-7-13-8(10)2/h5-7,9H,4H2,1-3H3,(H,14,15). The largest absolute Gasteiger partial charge is 0.464 e. The van der Waals surface area contributed by atoms with Crippen LogP contribution in [0.3, 0.4) is 0 Å². The Kier molecular flexibility index (Phi) is 4.63. The number of nitrogens with one attached hydrogen (secondary N) is 1. The minimum absolute atomic E-state index is 0.297. The van der Waals surface area contributed by atoms with Crippen molar-refractivity contribution < 1.29 is 14.3 Å². The van der Waals surface area contributed by atoms with E-state index < -0.39 is 12.0 Å². The number of hydrogen-bond donors (Lipinski definition) is 1.